The van der Waals surface area contributed by atoms with Crippen molar-refractivity contribution in [2.24, 2.45) is 0 Å². The standard InChI is InChI=1S/C17H13F2N3O3/c1-10-7-15(23)12(8-20-10)17(24)25-9-11-5-6-22(21-11)16-13(18)3-2-4-14(16)19/h2-8H,9H2,1H3,(H,20,23). The molecule has 0 amide bonds. The van der Waals surface area contributed by atoms with Crippen LogP contribution in [0.25, 0.3) is 5.69 Å². The summed E-state index contributed by atoms with van der Waals surface area (Å²) < 4.78 is 33.5. The molecule has 0 fully saturated rings. The topological polar surface area (TPSA) is 77.0 Å². The quantitative estimate of drug-likeness (QED) is 0.737. The van der Waals surface area contributed by atoms with E-state index in [0.717, 1.165) is 16.8 Å². The number of hydrogen-bond acceptors (Lipinski definition) is 4. The number of hydrogen-bond donors (Lipinski definition) is 1. The average molecular weight is 345 g/mol. The molecule has 128 valence electrons. The maximum absolute atomic E-state index is 13.7. The van der Waals surface area contributed by atoms with Crippen LogP contribution in [0.5, 0.6) is 0 Å². The number of nitrogens with one attached hydrogen (secondary N) is 1. The molecule has 0 radical (unpaired) electrons. The number of para-hydroxylation sites is 1. The van der Waals surface area contributed by atoms with Gasteiger partial charge in [-0.15, -0.1) is 0 Å². The second kappa shape index (κ2) is 6.68. The molecule has 0 aliphatic rings. The fourth-order valence-corrected chi connectivity index (χ4v) is 2.22. The van der Waals surface area contributed by atoms with Crippen molar-refractivity contribution in [2.45, 2.75) is 13.5 Å². The first-order chi connectivity index (χ1) is 12.0. The third-order valence-corrected chi connectivity index (χ3v) is 3.44. The van der Waals surface area contributed by atoms with Crippen molar-refractivity contribution >= 4 is 5.97 Å². The van der Waals surface area contributed by atoms with Gasteiger partial charge in [0.2, 0.25) is 0 Å². The minimum Gasteiger partial charge on any atom is -0.455 e. The minimum absolute atomic E-state index is 0.134. The van der Waals surface area contributed by atoms with Gasteiger partial charge < -0.3 is 9.72 Å². The molecule has 6 nitrogen and oxygen atoms in total. The van der Waals surface area contributed by atoms with Crippen LogP contribution in [0.2, 0.25) is 0 Å². The van der Waals surface area contributed by atoms with Crippen LogP contribution in [0.4, 0.5) is 8.78 Å². The number of rotatable bonds is 4. The Morgan fingerprint density at radius 2 is 2.00 bits per heavy atom. The Bertz CT molecular complexity index is 975. The lowest BCUT2D eigenvalue weighted by atomic mass is 10.2. The SMILES string of the molecule is Cc1cc(=O)c(C(=O)OCc2ccn(-c3c(F)cccc3F)n2)c[nH]1. The highest BCUT2D eigenvalue weighted by molar-refractivity contribution is 5.88. The third-order valence-electron chi connectivity index (χ3n) is 3.44. The number of nitrogens with zero attached hydrogens (tertiary/aromatic N) is 2. The van der Waals surface area contributed by atoms with Gasteiger partial charge in [0.15, 0.2) is 17.1 Å². The number of aryl methyl sites for hydroxylation is 1. The van der Waals surface area contributed by atoms with E-state index in [0.29, 0.717) is 5.69 Å². The van der Waals surface area contributed by atoms with Crippen LogP contribution in [0.15, 0.2) is 47.5 Å². The molecule has 0 saturated carbocycles. The molecule has 0 unspecified atom stereocenters. The molecule has 2 heterocycles. The summed E-state index contributed by atoms with van der Waals surface area (Å²) in [6, 6.07) is 6.22. The summed E-state index contributed by atoms with van der Waals surface area (Å²) in [5.74, 6) is -2.34. The number of esters is 1. The molecule has 0 bridgehead atoms. The Kier molecular flexibility index (Phi) is 4.42. The number of pyridine rings is 1. The van der Waals surface area contributed by atoms with Gasteiger partial charge in [-0.3, -0.25) is 4.79 Å². The van der Waals surface area contributed by atoms with Gasteiger partial charge in [0.05, 0.1) is 0 Å². The van der Waals surface area contributed by atoms with Crippen molar-refractivity contribution in [1.82, 2.24) is 14.8 Å². The van der Waals surface area contributed by atoms with Gasteiger partial charge in [0.25, 0.3) is 0 Å². The maximum Gasteiger partial charge on any atom is 0.344 e. The Morgan fingerprint density at radius 3 is 2.68 bits per heavy atom. The summed E-state index contributed by atoms with van der Waals surface area (Å²) in [6.07, 6.45) is 2.62. The molecule has 0 aliphatic carbocycles. The third kappa shape index (κ3) is 3.47. The van der Waals surface area contributed by atoms with Crippen LogP contribution in [-0.2, 0) is 11.3 Å². The first kappa shape index (κ1) is 16.6. The molecule has 0 atom stereocenters. The summed E-state index contributed by atoms with van der Waals surface area (Å²) in [7, 11) is 0. The predicted octanol–water partition coefficient (Wildman–Crippen LogP) is 2.50. The normalized spacial score (nSPS) is 10.7. The van der Waals surface area contributed by atoms with E-state index in [-0.39, 0.29) is 23.6 Å². The lowest BCUT2D eigenvalue weighted by molar-refractivity contribution is 0.0465. The zero-order valence-corrected chi connectivity index (χ0v) is 13.1. The number of aromatic nitrogens is 3. The molecule has 0 spiro atoms. The second-order valence-electron chi connectivity index (χ2n) is 5.29. The molecule has 3 rings (SSSR count). The molecule has 1 aromatic carbocycles. The van der Waals surface area contributed by atoms with E-state index in [4.69, 9.17) is 4.74 Å². The zero-order valence-electron chi connectivity index (χ0n) is 13.1. The summed E-state index contributed by atoms with van der Waals surface area (Å²) in [5.41, 5.74) is -0.0211. The Morgan fingerprint density at radius 1 is 1.28 bits per heavy atom. The highest BCUT2D eigenvalue weighted by Gasteiger charge is 2.15. The summed E-state index contributed by atoms with van der Waals surface area (Å²) in [4.78, 5) is 26.4. The van der Waals surface area contributed by atoms with Crippen LogP contribution in [0, 0.1) is 18.6 Å². The molecule has 0 saturated heterocycles. The van der Waals surface area contributed by atoms with E-state index in [1.54, 1.807) is 6.92 Å². The van der Waals surface area contributed by atoms with E-state index >= 15 is 0 Å². The number of ether oxygens (including phenoxy) is 1. The number of carbonyl (C=O) groups is 1. The average Bonchev–Trinajstić information content (AvgIpc) is 3.01. The van der Waals surface area contributed by atoms with Gasteiger partial charge in [-0.05, 0) is 25.1 Å². The van der Waals surface area contributed by atoms with E-state index in [1.807, 2.05) is 0 Å². The van der Waals surface area contributed by atoms with Gasteiger partial charge >= 0.3 is 5.97 Å². The lowest BCUT2D eigenvalue weighted by Crippen LogP contribution is -2.17. The van der Waals surface area contributed by atoms with Crippen molar-refractivity contribution < 1.29 is 18.3 Å². The molecule has 2 aromatic heterocycles. The fraction of sp³-hybridized carbons (Fsp3) is 0.118. The lowest BCUT2D eigenvalue weighted by Gasteiger charge is -2.05. The number of halogens is 2. The van der Waals surface area contributed by atoms with Crippen LogP contribution in [0.1, 0.15) is 21.7 Å². The van der Waals surface area contributed by atoms with E-state index < -0.39 is 23.0 Å². The molecular formula is C17H13F2N3O3. The van der Waals surface area contributed by atoms with E-state index in [9.17, 15) is 18.4 Å². The van der Waals surface area contributed by atoms with Crippen LogP contribution in [0.3, 0.4) is 0 Å². The van der Waals surface area contributed by atoms with Gasteiger partial charge in [-0.25, -0.2) is 18.3 Å². The number of aromatic amines is 1. The second-order valence-corrected chi connectivity index (χ2v) is 5.29. The van der Waals surface area contributed by atoms with E-state index in [1.165, 1.54) is 30.6 Å². The number of benzene rings is 1. The largest absolute Gasteiger partial charge is 0.455 e. The summed E-state index contributed by atoms with van der Waals surface area (Å²) >= 11 is 0. The number of carbonyl (C=O) groups excluding carboxylic acids is 1. The van der Waals surface area contributed by atoms with Crippen LogP contribution < -0.4 is 5.43 Å². The van der Waals surface area contributed by atoms with Crippen LogP contribution in [-0.4, -0.2) is 20.7 Å². The summed E-state index contributed by atoms with van der Waals surface area (Å²) in [5, 5.41) is 3.98. The van der Waals surface area contributed by atoms with Gasteiger partial charge in [-0.1, -0.05) is 6.07 Å². The molecule has 8 heteroatoms. The highest BCUT2D eigenvalue weighted by atomic mass is 19.1. The monoisotopic (exact) mass is 345 g/mol. The predicted molar refractivity (Wildman–Crippen MR) is 84.4 cm³/mol. The van der Waals surface area contributed by atoms with Gasteiger partial charge in [0.1, 0.15) is 23.6 Å². The smallest absolute Gasteiger partial charge is 0.344 e. The van der Waals surface area contributed by atoms with Gasteiger partial charge in [-0.2, -0.15) is 5.10 Å². The minimum atomic E-state index is -0.812. The molecule has 25 heavy (non-hydrogen) atoms. The zero-order chi connectivity index (χ0) is 18.0. The van der Waals surface area contributed by atoms with Crippen LogP contribution >= 0.6 is 0 Å². The Hall–Kier alpha value is -3.29. The first-order valence-corrected chi connectivity index (χ1v) is 7.31. The molecular weight excluding hydrogens is 332 g/mol. The van der Waals surface area contributed by atoms with Crippen molar-refractivity contribution in [1.29, 1.82) is 0 Å². The van der Waals surface area contributed by atoms with Crippen molar-refractivity contribution in [2.75, 3.05) is 0 Å². The molecule has 0 aliphatic heterocycles. The van der Waals surface area contributed by atoms with Crippen molar-refractivity contribution in [3.05, 3.63) is 81.5 Å². The number of H-pyrrole nitrogens is 1. The molecule has 3 aromatic rings. The maximum atomic E-state index is 13.7. The fourth-order valence-electron chi connectivity index (χ4n) is 2.22. The van der Waals surface area contributed by atoms with Gasteiger partial charge in [0, 0.05) is 24.2 Å². The Balaban J connectivity index is 1.74. The molecule has 1 N–H and O–H groups in total. The summed E-state index contributed by atoms with van der Waals surface area (Å²) in [6.45, 7) is 1.44. The first-order valence-electron chi connectivity index (χ1n) is 7.31. The van der Waals surface area contributed by atoms with E-state index in [2.05, 4.69) is 10.1 Å². The highest BCUT2D eigenvalue weighted by Crippen LogP contribution is 2.17. The van der Waals surface area contributed by atoms with Crippen molar-refractivity contribution in [3.63, 3.8) is 0 Å². The van der Waals surface area contributed by atoms with Crippen molar-refractivity contribution in [3.8, 4) is 5.69 Å². The Labute approximate surface area is 140 Å².